The number of sulfone groups is 1. The minimum Gasteiger partial charge on any atom is -0.309 e. The zero-order chi connectivity index (χ0) is 14.6. The van der Waals surface area contributed by atoms with Crippen molar-refractivity contribution in [2.45, 2.75) is 40.7 Å². The monoisotopic (exact) mass is 284 g/mol. The van der Waals surface area contributed by atoms with Gasteiger partial charge in [0.25, 0.3) is 0 Å². The summed E-state index contributed by atoms with van der Waals surface area (Å²) < 4.78 is 22.9. The minimum atomic E-state index is -2.90. The van der Waals surface area contributed by atoms with E-state index in [4.69, 9.17) is 0 Å². The van der Waals surface area contributed by atoms with Crippen molar-refractivity contribution in [3.63, 3.8) is 0 Å². The van der Waals surface area contributed by atoms with Crippen molar-refractivity contribution in [2.24, 2.45) is 0 Å². The Morgan fingerprint density at radius 1 is 1.32 bits per heavy atom. The van der Waals surface area contributed by atoms with Crippen molar-refractivity contribution in [2.75, 3.05) is 18.1 Å². The van der Waals surface area contributed by atoms with Crippen LogP contribution in [0.5, 0.6) is 0 Å². The number of pyridine rings is 1. The van der Waals surface area contributed by atoms with Crippen LogP contribution in [0.3, 0.4) is 0 Å². The lowest BCUT2D eigenvalue weighted by molar-refractivity contribution is 0.569. The third-order valence-electron chi connectivity index (χ3n) is 3.32. The van der Waals surface area contributed by atoms with Gasteiger partial charge in [-0.25, -0.2) is 8.42 Å². The number of nitrogens with one attached hydrogen (secondary N) is 1. The van der Waals surface area contributed by atoms with Crippen molar-refractivity contribution < 1.29 is 8.42 Å². The number of hydrogen-bond acceptors (Lipinski definition) is 4. The summed E-state index contributed by atoms with van der Waals surface area (Å²) in [5.41, 5.74) is 4.39. The minimum absolute atomic E-state index is 0.111. The normalized spacial score (nSPS) is 13.5. The van der Waals surface area contributed by atoms with Crippen LogP contribution < -0.4 is 5.32 Å². The summed E-state index contributed by atoms with van der Waals surface area (Å²) in [5.74, 6) is 0.387. The van der Waals surface area contributed by atoms with Gasteiger partial charge in [-0.05, 0) is 44.9 Å². The Labute approximate surface area is 116 Å². The maximum absolute atomic E-state index is 11.4. The molecule has 19 heavy (non-hydrogen) atoms. The molecule has 0 fully saturated rings. The van der Waals surface area contributed by atoms with Crippen LogP contribution in [0.4, 0.5) is 0 Å². The molecule has 108 valence electrons. The third kappa shape index (κ3) is 4.58. The van der Waals surface area contributed by atoms with Crippen LogP contribution >= 0.6 is 0 Å². The van der Waals surface area contributed by atoms with Crippen LogP contribution in [0, 0.1) is 20.8 Å². The lowest BCUT2D eigenvalue weighted by Gasteiger charge is -2.19. The molecule has 1 atom stereocenters. The van der Waals surface area contributed by atoms with Gasteiger partial charge in [-0.2, -0.15) is 0 Å². The second kappa shape index (κ2) is 6.48. The van der Waals surface area contributed by atoms with E-state index in [1.165, 1.54) is 11.1 Å². The van der Waals surface area contributed by atoms with Gasteiger partial charge in [0.05, 0.1) is 5.75 Å². The highest BCUT2D eigenvalue weighted by Gasteiger charge is 2.14. The smallest absolute Gasteiger partial charge is 0.151 e. The lowest BCUT2D eigenvalue weighted by atomic mass is 10.0. The topological polar surface area (TPSA) is 59.1 Å². The summed E-state index contributed by atoms with van der Waals surface area (Å²) in [6.07, 6.45) is 0. The fraction of sp³-hybridized carbons (Fsp3) is 0.643. The van der Waals surface area contributed by atoms with Crippen LogP contribution in [-0.4, -0.2) is 31.5 Å². The van der Waals surface area contributed by atoms with E-state index in [9.17, 15) is 8.42 Å². The highest BCUT2D eigenvalue weighted by molar-refractivity contribution is 7.91. The number of nitrogens with zero attached hydrogens (tertiary/aromatic N) is 1. The zero-order valence-electron chi connectivity index (χ0n) is 12.4. The third-order valence-corrected chi connectivity index (χ3v) is 5.03. The molecule has 0 aliphatic rings. The van der Waals surface area contributed by atoms with E-state index in [0.29, 0.717) is 6.54 Å². The molecular formula is C14H24N2O2S. The maximum atomic E-state index is 11.4. The Kier molecular flexibility index (Phi) is 5.50. The molecule has 0 aliphatic heterocycles. The van der Waals surface area contributed by atoms with E-state index in [2.05, 4.69) is 23.3 Å². The van der Waals surface area contributed by atoms with Crippen molar-refractivity contribution in [3.8, 4) is 0 Å². The fourth-order valence-corrected chi connectivity index (χ4v) is 3.08. The Bertz CT molecular complexity index is 515. The van der Waals surface area contributed by atoms with E-state index in [0.717, 1.165) is 11.4 Å². The molecule has 1 N–H and O–H groups in total. The molecule has 4 nitrogen and oxygen atoms in total. The molecule has 0 amide bonds. The second-order valence-electron chi connectivity index (χ2n) is 4.99. The second-order valence-corrected chi connectivity index (χ2v) is 7.46. The van der Waals surface area contributed by atoms with E-state index < -0.39 is 9.84 Å². The average Bonchev–Trinajstić information content (AvgIpc) is 2.27. The van der Waals surface area contributed by atoms with Crippen LogP contribution in [0.25, 0.3) is 0 Å². The molecule has 5 heteroatoms. The molecule has 0 aromatic carbocycles. The average molecular weight is 284 g/mol. The van der Waals surface area contributed by atoms with Crippen LogP contribution in [-0.2, 0) is 9.84 Å². The SMILES string of the molecule is CCS(=O)(=O)CCNC(C)c1c(C)cc(C)nc1C. The van der Waals surface area contributed by atoms with Gasteiger partial charge in [-0.3, -0.25) is 4.98 Å². The quantitative estimate of drug-likeness (QED) is 0.869. The predicted octanol–water partition coefficient (Wildman–Crippen LogP) is 2.09. The van der Waals surface area contributed by atoms with E-state index >= 15 is 0 Å². The first-order valence-corrected chi connectivity index (χ1v) is 8.47. The Balaban J connectivity index is 2.72. The summed E-state index contributed by atoms with van der Waals surface area (Å²) in [5, 5.41) is 3.27. The highest BCUT2D eigenvalue weighted by Crippen LogP contribution is 2.20. The molecule has 1 heterocycles. The van der Waals surface area contributed by atoms with Crippen molar-refractivity contribution in [3.05, 3.63) is 28.6 Å². The highest BCUT2D eigenvalue weighted by atomic mass is 32.2. The summed E-state index contributed by atoms with van der Waals surface area (Å²) in [6, 6.07) is 2.17. The molecule has 0 spiro atoms. The zero-order valence-corrected chi connectivity index (χ0v) is 13.3. The van der Waals surface area contributed by atoms with Crippen molar-refractivity contribution in [1.82, 2.24) is 10.3 Å². The van der Waals surface area contributed by atoms with Gasteiger partial charge in [0, 0.05) is 29.7 Å². The van der Waals surface area contributed by atoms with Gasteiger partial charge >= 0.3 is 0 Å². The number of aromatic nitrogens is 1. The molecule has 0 aliphatic carbocycles. The van der Waals surface area contributed by atoms with Crippen LogP contribution in [0.1, 0.15) is 42.4 Å². The maximum Gasteiger partial charge on any atom is 0.151 e. The number of aryl methyl sites for hydroxylation is 3. The van der Waals surface area contributed by atoms with Crippen molar-refractivity contribution >= 4 is 9.84 Å². The first-order chi connectivity index (χ1) is 8.76. The number of hydrogen-bond donors (Lipinski definition) is 1. The molecule has 1 rings (SSSR count). The Hall–Kier alpha value is -0.940. The first-order valence-electron chi connectivity index (χ1n) is 6.65. The summed E-state index contributed by atoms with van der Waals surface area (Å²) >= 11 is 0. The van der Waals surface area contributed by atoms with E-state index in [1.807, 2.05) is 20.8 Å². The standard InChI is InChI=1S/C14H24N2O2S/c1-6-19(17,18)8-7-15-12(4)14-10(2)9-11(3)16-13(14)5/h9,12,15H,6-8H2,1-5H3. The van der Waals surface area contributed by atoms with Gasteiger partial charge in [0.1, 0.15) is 0 Å². The fourth-order valence-electron chi connectivity index (χ4n) is 2.37. The van der Waals surface area contributed by atoms with Gasteiger partial charge < -0.3 is 5.32 Å². The summed E-state index contributed by atoms with van der Waals surface area (Å²) in [7, 11) is -2.90. The molecule has 1 unspecified atom stereocenters. The first kappa shape index (κ1) is 16.1. The summed E-state index contributed by atoms with van der Waals surface area (Å²) in [6.45, 7) is 10.2. The molecule has 0 saturated heterocycles. The van der Waals surface area contributed by atoms with Crippen molar-refractivity contribution in [1.29, 1.82) is 0 Å². The van der Waals surface area contributed by atoms with Gasteiger partial charge in [-0.1, -0.05) is 6.92 Å². The van der Waals surface area contributed by atoms with Gasteiger partial charge in [-0.15, -0.1) is 0 Å². The van der Waals surface area contributed by atoms with E-state index in [1.54, 1.807) is 6.92 Å². The number of rotatable bonds is 6. The van der Waals surface area contributed by atoms with Crippen LogP contribution in [0.15, 0.2) is 6.07 Å². The molecule has 0 saturated carbocycles. The molecule has 1 aromatic heterocycles. The molecule has 1 aromatic rings. The lowest BCUT2D eigenvalue weighted by Crippen LogP contribution is -2.27. The Morgan fingerprint density at radius 3 is 2.47 bits per heavy atom. The summed E-state index contributed by atoms with van der Waals surface area (Å²) in [4.78, 5) is 4.47. The largest absolute Gasteiger partial charge is 0.309 e. The van der Waals surface area contributed by atoms with E-state index in [-0.39, 0.29) is 17.5 Å². The van der Waals surface area contributed by atoms with Crippen LogP contribution in [0.2, 0.25) is 0 Å². The van der Waals surface area contributed by atoms with Gasteiger partial charge in [0.2, 0.25) is 0 Å². The molecule has 0 radical (unpaired) electrons. The predicted molar refractivity (Wildman–Crippen MR) is 79.2 cm³/mol. The molecule has 0 bridgehead atoms. The van der Waals surface area contributed by atoms with Gasteiger partial charge in [0.15, 0.2) is 9.84 Å². The Morgan fingerprint density at radius 2 is 1.95 bits per heavy atom. The molecular weight excluding hydrogens is 260 g/mol.